The van der Waals surface area contributed by atoms with Gasteiger partial charge in [0.05, 0.1) is 23.3 Å². The lowest BCUT2D eigenvalue weighted by molar-refractivity contribution is -0.385. The molecule has 3 amide bonds. The number of ether oxygens (including phenoxy) is 1. The molecule has 12 heteroatoms. The van der Waals surface area contributed by atoms with Crippen LogP contribution in [0.4, 0.5) is 11.4 Å². The number of rotatable bonds is 8. The molecule has 0 saturated heterocycles. The number of fused-ring (bicyclic) bond motifs is 1. The zero-order valence-electron chi connectivity index (χ0n) is 21.2. The Morgan fingerprint density at radius 3 is 2.09 bits per heavy atom. The summed E-state index contributed by atoms with van der Waals surface area (Å²) in [6, 6.07) is 2.29. The predicted octanol–water partition coefficient (Wildman–Crippen LogP) is 3.76. The van der Waals surface area contributed by atoms with Gasteiger partial charge in [-0.05, 0) is 12.0 Å². The Morgan fingerprint density at radius 1 is 1.09 bits per heavy atom. The van der Waals surface area contributed by atoms with Crippen LogP contribution in [0, 0.1) is 16.0 Å². The van der Waals surface area contributed by atoms with E-state index in [-0.39, 0.29) is 40.9 Å². The molecule has 0 fully saturated rings. The second-order valence-electron chi connectivity index (χ2n) is 6.64. The summed E-state index contributed by atoms with van der Waals surface area (Å²) >= 11 is 0. The number of nitrogens with one attached hydrogen (secondary N) is 2. The molecule has 2 rings (SSSR count). The fourth-order valence-electron chi connectivity index (χ4n) is 2.88. The van der Waals surface area contributed by atoms with Crippen molar-refractivity contribution in [1.29, 1.82) is 0 Å². The number of benzene rings is 1. The van der Waals surface area contributed by atoms with E-state index in [2.05, 4.69) is 20.9 Å². The highest BCUT2D eigenvalue weighted by Gasteiger charge is 2.43. The molecular weight excluding hydrogens is 444 g/mol. The first kappa shape index (κ1) is 30.2. The van der Waals surface area contributed by atoms with Crippen molar-refractivity contribution in [1.82, 2.24) is 15.5 Å². The molecule has 0 radical (unpaired) electrons. The smallest absolute Gasteiger partial charge is 0.283 e. The number of carbonyl (C=O) groups is 3. The van der Waals surface area contributed by atoms with Gasteiger partial charge >= 0.3 is 0 Å². The number of azo groups is 1. The lowest BCUT2D eigenvalue weighted by Gasteiger charge is -2.15. The number of hydrogen-bond donors (Lipinski definition) is 2. The highest BCUT2D eigenvalue weighted by Crippen LogP contribution is 2.38. The Kier molecular flexibility index (Phi) is 12.7. The number of carbonyl (C=O) groups excluding carboxylic acids is 3. The maximum Gasteiger partial charge on any atom is 0.283 e. The second-order valence-corrected chi connectivity index (χ2v) is 6.64. The van der Waals surface area contributed by atoms with Gasteiger partial charge in [-0.25, -0.2) is 0 Å². The molecule has 0 saturated carbocycles. The standard InChI is InChI=1S/C18H22N6O6.2C2H6/c1-9(2)8-23-17(26)12-10(6-7-11(24(28)29)13(12)18(23)27)21-22-14(15(25)19-3)16(20-4)30-5;2*1-2/h6-7,9,20H,8H2,1-5H3,(H,19,25);2*1-2H3/b16-14-,22-21?;;. The van der Waals surface area contributed by atoms with Gasteiger partial charge in [0.2, 0.25) is 11.6 Å². The van der Waals surface area contributed by atoms with E-state index in [0.717, 1.165) is 11.0 Å². The van der Waals surface area contributed by atoms with Crippen molar-refractivity contribution in [3.8, 4) is 0 Å². The molecule has 188 valence electrons. The predicted molar refractivity (Wildman–Crippen MR) is 128 cm³/mol. The minimum atomic E-state index is -0.762. The molecule has 0 bridgehead atoms. The van der Waals surface area contributed by atoms with Crippen molar-refractivity contribution in [3.63, 3.8) is 0 Å². The summed E-state index contributed by atoms with van der Waals surface area (Å²) in [4.78, 5) is 49.3. The van der Waals surface area contributed by atoms with E-state index in [9.17, 15) is 24.5 Å². The van der Waals surface area contributed by atoms with Crippen LogP contribution in [0.25, 0.3) is 0 Å². The molecular formula is C22H34N6O6. The zero-order valence-corrected chi connectivity index (χ0v) is 21.2. The summed E-state index contributed by atoms with van der Waals surface area (Å²) in [6.45, 7) is 11.7. The average Bonchev–Trinajstić information content (AvgIpc) is 3.08. The monoisotopic (exact) mass is 478 g/mol. The van der Waals surface area contributed by atoms with Crippen LogP contribution in [-0.2, 0) is 9.53 Å². The number of hydrogen-bond acceptors (Lipinski definition) is 9. The molecule has 1 aliphatic rings. The number of imide groups is 1. The Labute approximate surface area is 199 Å². The molecule has 12 nitrogen and oxygen atoms in total. The molecule has 0 spiro atoms. The number of amides is 3. The van der Waals surface area contributed by atoms with E-state index >= 15 is 0 Å². The maximum absolute atomic E-state index is 12.9. The summed E-state index contributed by atoms with van der Waals surface area (Å²) in [7, 11) is 4.21. The SMILES string of the molecule is CC.CC.CNC(=O)/C(N=Nc1ccc([N+](=O)[O-])c2c1C(=O)N(CC(C)C)C2=O)=C(\NC)OC. The number of nitro groups is 1. The molecule has 1 aromatic carbocycles. The van der Waals surface area contributed by atoms with Gasteiger partial charge in [0.1, 0.15) is 5.56 Å². The van der Waals surface area contributed by atoms with Crippen LogP contribution in [0.5, 0.6) is 0 Å². The lowest BCUT2D eigenvalue weighted by Crippen LogP contribution is -2.33. The Bertz CT molecular complexity index is 965. The average molecular weight is 479 g/mol. The fraction of sp³-hybridized carbons (Fsp3) is 0.500. The first-order valence-corrected chi connectivity index (χ1v) is 10.9. The molecule has 0 aliphatic carbocycles. The van der Waals surface area contributed by atoms with Crippen molar-refractivity contribution in [2.75, 3.05) is 27.7 Å². The first-order chi connectivity index (χ1) is 16.2. The summed E-state index contributed by atoms with van der Waals surface area (Å²) in [6.07, 6.45) is 0. The van der Waals surface area contributed by atoms with E-state index in [4.69, 9.17) is 4.74 Å². The second kappa shape index (κ2) is 14.3. The van der Waals surface area contributed by atoms with E-state index in [1.807, 2.05) is 41.5 Å². The lowest BCUT2D eigenvalue weighted by atomic mass is 10.1. The summed E-state index contributed by atoms with van der Waals surface area (Å²) in [5.41, 5.74) is -1.35. The van der Waals surface area contributed by atoms with Gasteiger partial charge in [-0.1, -0.05) is 41.5 Å². The normalized spacial score (nSPS) is 12.8. The minimum absolute atomic E-state index is 0.0143. The third-order valence-electron chi connectivity index (χ3n) is 4.17. The number of methoxy groups -OCH3 is 1. The molecule has 0 atom stereocenters. The third kappa shape index (κ3) is 6.59. The van der Waals surface area contributed by atoms with Crippen molar-refractivity contribution in [2.45, 2.75) is 41.5 Å². The van der Waals surface area contributed by atoms with E-state index < -0.39 is 28.3 Å². The van der Waals surface area contributed by atoms with Crippen LogP contribution in [0.2, 0.25) is 0 Å². The number of nitro benzene ring substituents is 1. The number of likely N-dealkylation sites (N-methyl/N-ethyl adjacent to an activating group) is 1. The Balaban J connectivity index is 0.00000258. The Hall–Kier alpha value is -3.83. The summed E-state index contributed by atoms with van der Waals surface area (Å²) in [5.74, 6) is -2.11. The van der Waals surface area contributed by atoms with E-state index in [1.165, 1.54) is 27.3 Å². The van der Waals surface area contributed by atoms with Crippen molar-refractivity contribution < 1.29 is 24.0 Å². The molecule has 0 unspecified atom stereocenters. The quantitative estimate of drug-likeness (QED) is 0.144. The highest BCUT2D eigenvalue weighted by molar-refractivity contribution is 6.25. The minimum Gasteiger partial charge on any atom is -0.481 e. The van der Waals surface area contributed by atoms with Crippen molar-refractivity contribution >= 4 is 29.1 Å². The van der Waals surface area contributed by atoms with Crippen molar-refractivity contribution in [3.05, 3.63) is 45.0 Å². The molecule has 34 heavy (non-hydrogen) atoms. The van der Waals surface area contributed by atoms with Gasteiger partial charge in [-0.2, -0.15) is 0 Å². The van der Waals surface area contributed by atoms with E-state index in [1.54, 1.807) is 0 Å². The highest BCUT2D eigenvalue weighted by atomic mass is 16.6. The van der Waals surface area contributed by atoms with Gasteiger partial charge in [-0.15, -0.1) is 10.2 Å². The number of nitrogens with zero attached hydrogens (tertiary/aromatic N) is 4. The van der Waals surface area contributed by atoms with Gasteiger partial charge in [0.25, 0.3) is 23.4 Å². The topological polar surface area (TPSA) is 156 Å². The first-order valence-electron chi connectivity index (χ1n) is 10.9. The molecule has 0 aromatic heterocycles. The van der Waals surface area contributed by atoms with Gasteiger partial charge in [0, 0.05) is 26.7 Å². The van der Waals surface area contributed by atoms with Crippen LogP contribution in [0.3, 0.4) is 0 Å². The van der Waals surface area contributed by atoms with Crippen LogP contribution < -0.4 is 10.6 Å². The van der Waals surface area contributed by atoms with Crippen LogP contribution in [-0.4, -0.2) is 55.3 Å². The fourth-order valence-corrected chi connectivity index (χ4v) is 2.88. The van der Waals surface area contributed by atoms with E-state index in [0.29, 0.717) is 0 Å². The van der Waals surface area contributed by atoms with Crippen LogP contribution in [0.1, 0.15) is 62.3 Å². The van der Waals surface area contributed by atoms with Gasteiger partial charge < -0.3 is 15.4 Å². The van der Waals surface area contributed by atoms with Crippen LogP contribution >= 0.6 is 0 Å². The molecule has 1 aromatic rings. The van der Waals surface area contributed by atoms with Gasteiger partial charge in [0.15, 0.2) is 0 Å². The molecule has 2 N–H and O–H groups in total. The Morgan fingerprint density at radius 2 is 1.65 bits per heavy atom. The van der Waals surface area contributed by atoms with Crippen LogP contribution in [0.15, 0.2) is 33.9 Å². The van der Waals surface area contributed by atoms with Gasteiger partial charge in [-0.3, -0.25) is 29.4 Å². The van der Waals surface area contributed by atoms with Crippen molar-refractivity contribution in [2.24, 2.45) is 16.1 Å². The molecule has 1 aliphatic heterocycles. The largest absolute Gasteiger partial charge is 0.481 e. The molecule has 1 heterocycles. The maximum atomic E-state index is 12.9. The third-order valence-corrected chi connectivity index (χ3v) is 4.17. The summed E-state index contributed by atoms with van der Waals surface area (Å²) in [5, 5.41) is 24.2. The zero-order chi connectivity index (χ0) is 26.6. The summed E-state index contributed by atoms with van der Waals surface area (Å²) < 4.78 is 5.05.